The number of rotatable bonds is 2. The second-order valence-electron chi connectivity index (χ2n) is 5.00. The fourth-order valence-corrected chi connectivity index (χ4v) is 2.86. The van der Waals surface area contributed by atoms with Gasteiger partial charge in [0.25, 0.3) is 0 Å². The zero-order valence-corrected chi connectivity index (χ0v) is 11.7. The Morgan fingerprint density at radius 3 is 2.95 bits per heavy atom. The zero-order valence-electron chi connectivity index (χ0n) is 11.7. The van der Waals surface area contributed by atoms with E-state index in [1.54, 1.807) is 7.11 Å². The third kappa shape index (κ3) is 2.01. The van der Waals surface area contributed by atoms with Crippen LogP contribution >= 0.6 is 0 Å². The van der Waals surface area contributed by atoms with Gasteiger partial charge in [-0.25, -0.2) is 0 Å². The highest BCUT2D eigenvalue weighted by atomic mass is 16.5. The molecule has 4 nitrogen and oxygen atoms in total. The van der Waals surface area contributed by atoms with E-state index in [1.165, 1.54) is 22.2 Å². The van der Waals surface area contributed by atoms with E-state index in [2.05, 4.69) is 36.0 Å². The van der Waals surface area contributed by atoms with Gasteiger partial charge in [-0.15, -0.1) is 0 Å². The molecule has 1 unspecified atom stereocenters. The first kappa shape index (κ1) is 12.5. The van der Waals surface area contributed by atoms with Gasteiger partial charge >= 0.3 is 0 Å². The molecule has 0 radical (unpaired) electrons. The highest BCUT2D eigenvalue weighted by Gasteiger charge is 2.23. The minimum Gasteiger partial charge on any atom is -0.497 e. The number of benzene rings is 1. The molecule has 2 heterocycles. The Hall–Kier alpha value is -1.52. The molecule has 102 valence electrons. The van der Waals surface area contributed by atoms with Crippen molar-refractivity contribution in [2.45, 2.75) is 13.0 Å². The van der Waals surface area contributed by atoms with Crippen molar-refractivity contribution in [1.82, 2.24) is 9.88 Å². The van der Waals surface area contributed by atoms with Crippen LogP contribution in [0.3, 0.4) is 0 Å². The third-order valence-electron chi connectivity index (χ3n) is 4.00. The predicted molar refractivity (Wildman–Crippen MR) is 75.8 cm³/mol. The quantitative estimate of drug-likeness (QED) is 0.898. The predicted octanol–water partition coefficient (Wildman–Crippen LogP) is 2.16. The van der Waals surface area contributed by atoms with Crippen LogP contribution in [0.1, 0.15) is 17.4 Å². The summed E-state index contributed by atoms with van der Waals surface area (Å²) in [5, 5.41) is 4.63. The average molecular weight is 260 g/mol. The Morgan fingerprint density at radius 2 is 2.26 bits per heavy atom. The van der Waals surface area contributed by atoms with Crippen LogP contribution in [-0.4, -0.2) is 31.4 Å². The summed E-state index contributed by atoms with van der Waals surface area (Å²) in [6, 6.07) is 6.22. The van der Waals surface area contributed by atoms with Crippen LogP contribution in [-0.2, 0) is 11.8 Å². The van der Waals surface area contributed by atoms with E-state index in [9.17, 15) is 0 Å². The molecule has 1 fully saturated rings. The number of methoxy groups -OCH3 is 1. The van der Waals surface area contributed by atoms with E-state index in [-0.39, 0.29) is 6.10 Å². The maximum absolute atomic E-state index is 5.92. The van der Waals surface area contributed by atoms with Crippen molar-refractivity contribution in [1.29, 1.82) is 0 Å². The number of fused-ring (bicyclic) bond motifs is 1. The summed E-state index contributed by atoms with van der Waals surface area (Å²) < 4.78 is 13.5. The molecule has 0 aliphatic carbocycles. The number of morpholine rings is 1. The normalized spacial score (nSPS) is 19.8. The number of hydrogen-bond acceptors (Lipinski definition) is 3. The van der Waals surface area contributed by atoms with Crippen LogP contribution in [0.4, 0.5) is 0 Å². The third-order valence-corrected chi connectivity index (χ3v) is 4.00. The minimum atomic E-state index is 0.129. The van der Waals surface area contributed by atoms with Crippen LogP contribution in [0.15, 0.2) is 18.2 Å². The van der Waals surface area contributed by atoms with Gasteiger partial charge < -0.3 is 19.4 Å². The second kappa shape index (κ2) is 4.87. The van der Waals surface area contributed by atoms with Crippen molar-refractivity contribution in [2.24, 2.45) is 7.05 Å². The van der Waals surface area contributed by atoms with Gasteiger partial charge in [0.15, 0.2) is 0 Å². The van der Waals surface area contributed by atoms with E-state index in [0.717, 1.165) is 25.4 Å². The summed E-state index contributed by atoms with van der Waals surface area (Å²) >= 11 is 0. The first-order valence-corrected chi connectivity index (χ1v) is 6.67. The number of nitrogens with one attached hydrogen (secondary N) is 1. The fraction of sp³-hybridized carbons (Fsp3) is 0.467. The first-order chi connectivity index (χ1) is 9.22. The maximum atomic E-state index is 5.92. The monoisotopic (exact) mass is 260 g/mol. The van der Waals surface area contributed by atoms with Gasteiger partial charge in [0.1, 0.15) is 5.75 Å². The molecule has 3 rings (SSSR count). The van der Waals surface area contributed by atoms with Crippen LogP contribution in [0.5, 0.6) is 5.75 Å². The van der Waals surface area contributed by atoms with Crippen molar-refractivity contribution in [2.75, 3.05) is 26.8 Å². The largest absolute Gasteiger partial charge is 0.497 e. The highest BCUT2D eigenvalue weighted by Crippen LogP contribution is 2.34. The minimum absolute atomic E-state index is 0.129. The van der Waals surface area contributed by atoms with Crippen molar-refractivity contribution in [3.05, 3.63) is 29.5 Å². The molecule has 1 aliphatic rings. The summed E-state index contributed by atoms with van der Waals surface area (Å²) in [6.45, 7) is 4.73. The first-order valence-electron chi connectivity index (χ1n) is 6.67. The number of aromatic nitrogens is 1. The molecule has 1 saturated heterocycles. The lowest BCUT2D eigenvalue weighted by Crippen LogP contribution is -2.33. The van der Waals surface area contributed by atoms with Crippen LogP contribution < -0.4 is 10.1 Å². The SMILES string of the molecule is COc1ccc2c(c1)c(C1CNCCO1)c(C)n2C. The van der Waals surface area contributed by atoms with Gasteiger partial charge in [-0.1, -0.05) is 0 Å². The molecule has 0 bridgehead atoms. The Balaban J connectivity index is 2.17. The molecular formula is C15H20N2O2. The van der Waals surface area contributed by atoms with Crippen molar-refractivity contribution < 1.29 is 9.47 Å². The standard InChI is InChI=1S/C15H20N2O2/c1-10-15(14-9-16-6-7-19-14)12-8-11(18-3)4-5-13(12)17(10)2/h4-5,8,14,16H,6-7,9H2,1-3H3. The van der Waals surface area contributed by atoms with Gasteiger partial charge in [-0.05, 0) is 25.1 Å². The van der Waals surface area contributed by atoms with Crippen molar-refractivity contribution >= 4 is 10.9 Å². The smallest absolute Gasteiger partial charge is 0.119 e. The van der Waals surface area contributed by atoms with Crippen molar-refractivity contribution in [3.8, 4) is 5.75 Å². The molecule has 0 spiro atoms. The molecule has 1 atom stereocenters. The molecular weight excluding hydrogens is 240 g/mol. The zero-order chi connectivity index (χ0) is 13.4. The van der Waals surface area contributed by atoms with Gasteiger partial charge in [0.2, 0.25) is 0 Å². The maximum Gasteiger partial charge on any atom is 0.119 e. The summed E-state index contributed by atoms with van der Waals surface area (Å²) in [5.74, 6) is 0.892. The molecule has 2 aromatic rings. The van der Waals surface area contributed by atoms with Crippen molar-refractivity contribution in [3.63, 3.8) is 0 Å². The molecule has 19 heavy (non-hydrogen) atoms. The second-order valence-corrected chi connectivity index (χ2v) is 5.00. The lowest BCUT2D eigenvalue weighted by atomic mass is 10.0. The summed E-state index contributed by atoms with van der Waals surface area (Å²) in [5.41, 5.74) is 3.77. The van der Waals surface area contributed by atoms with E-state index in [1.807, 2.05) is 6.07 Å². The topological polar surface area (TPSA) is 35.4 Å². The van der Waals surface area contributed by atoms with Crippen LogP contribution in [0.25, 0.3) is 10.9 Å². The Labute approximate surface area is 113 Å². The molecule has 4 heteroatoms. The molecule has 0 amide bonds. The summed E-state index contributed by atoms with van der Waals surface area (Å²) in [6.07, 6.45) is 0.129. The lowest BCUT2D eigenvalue weighted by molar-refractivity contribution is 0.0281. The Kier molecular flexibility index (Phi) is 3.21. The Bertz CT molecular complexity index is 598. The molecule has 0 saturated carbocycles. The van der Waals surface area contributed by atoms with Gasteiger partial charge in [0, 0.05) is 42.3 Å². The van der Waals surface area contributed by atoms with Crippen LogP contribution in [0, 0.1) is 6.92 Å². The number of hydrogen-bond donors (Lipinski definition) is 1. The number of aryl methyl sites for hydroxylation is 1. The van der Waals surface area contributed by atoms with E-state index < -0.39 is 0 Å². The summed E-state index contributed by atoms with van der Waals surface area (Å²) in [7, 11) is 3.80. The number of nitrogens with zero attached hydrogens (tertiary/aromatic N) is 1. The molecule has 1 aromatic carbocycles. The summed E-state index contributed by atoms with van der Waals surface area (Å²) in [4.78, 5) is 0. The molecule has 1 aromatic heterocycles. The van der Waals surface area contributed by atoms with Crippen LogP contribution in [0.2, 0.25) is 0 Å². The molecule has 1 aliphatic heterocycles. The lowest BCUT2D eigenvalue weighted by Gasteiger charge is -2.24. The van der Waals surface area contributed by atoms with E-state index in [0.29, 0.717) is 0 Å². The van der Waals surface area contributed by atoms with E-state index >= 15 is 0 Å². The van der Waals surface area contributed by atoms with Gasteiger partial charge in [-0.2, -0.15) is 0 Å². The van der Waals surface area contributed by atoms with Gasteiger partial charge in [-0.3, -0.25) is 0 Å². The highest BCUT2D eigenvalue weighted by molar-refractivity contribution is 5.87. The molecule has 1 N–H and O–H groups in total. The van der Waals surface area contributed by atoms with Gasteiger partial charge in [0.05, 0.1) is 19.8 Å². The average Bonchev–Trinajstić information content (AvgIpc) is 2.71. The Morgan fingerprint density at radius 1 is 1.42 bits per heavy atom. The number of ether oxygens (including phenoxy) is 2. The van der Waals surface area contributed by atoms with E-state index in [4.69, 9.17) is 9.47 Å². The fourth-order valence-electron chi connectivity index (χ4n) is 2.86.